The van der Waals surface area contributed by atoms with Crippen molar-refractivity contribution in [3.05, 3.63) is 20.9 Å². The zero-order chi connectivity index (χ0) is 18.6. The average Bonchev–Trinajstić information content (AvgIpc) is 2.49. The molecule has 0 radical (unpaired) electrons. The number of nitrogens with one attached hydrogen (secondary N) is 2. The third-order valence-corrected chi connectivity index (χ3v) is 5.34. The van der Waals surface area contributed by atoms with Gasteiger partial charge in [0.05, 0.1) is 5.02 Å². The number of alkyl carbamates (subject to hydrolysis) is 1. The van der Waals surface area contributed by atoms with Crippen LogP contribution in [-0.4, -0.2) is 28.6 Å². The van der Waals surface area contributed by atoms with E-state index in [4.69, 9.17) is 16.3 Å². The first-order valence-corrected chi connectivity index (χ1v) is 9.71. The first kappa shape index (κ1) is 20.2. The molecule has 1 aromatic rings. The van der Waals surface area contributed by atoms with Gasteiger partial charge < -0.3 is 15.4 Å². The molecule has 25 heavy (non-hydrogen) atoms. The number of halogens is 2. The smallest absolute Gasteiger partial charge is 0.407 e. The Morgan fingerprint density at radius 3 is 2.72 bits per heavy atom. The highest BCUT2D eigenvalue weighted by atomic mass is 127. The van der Waals surface area contributed by atoms with E-state index in [9.17, 15) is 9.59 Å². The number of pyridine rings is 1. The Morgan fingerprint density at radius 1 is 1.36 bits per heavy atom. The van der Waals surface area contributed by atoms with Crippen molar-refractivity contribution in [1.29, 1.82) is 0 Å². The van der Waals surface area contributed by atoms with Crippen LogP contribution in [0.3, 0.4) is 0 Å². The number of anilines is 1. The van der Waals surface area contributed by atoms with Crippen molar-refractivity contribution in [3.8, 4) is 0 Å². The van der Waals surface area contributed by atoms with Crippen LogP contribution < -0.4 is 10.6 Å². The minimum atomic E-state index is -0.535. The summed E-state index contributed by atoms with van der Waals surface area (Å²) in [5, 5.41) is 6.25. The fourth-order valence-electron chi connectivity index (χ4n) is 2.74. The van der Waals surface area contributed by atoms with Crippen LogP contribution in [0.2, 0.25) is 5.02 Å². The third-order valence-electron chi connectivity index (χ3n) is 3.83. The average molecular weight is 480 g/mol. The number of rotatable bonds is 3. The number of carbonyl (C=O) groups is 2. The van der Waals surface area contributed by atoms with Gasteiger partial charge in [0.15, 0.2) is 0 Å². The molecular weight excluding hydrogens is 457 g/mol. The number of amides is 2. The van der Waals surface area contributed by atoms with Crippen molar-refractivity contribution in [1.82, 2.24) is 10.3 Å². The monoisotopic (exact) mass is 479 g/mol. The summed E-state index contributed by atoms with van der Waals surface area (Å²) in [5.41, 5.74) is -0.535. The van der Waals surface area contributed by atoms with E-state index in [0.29, 0.717) is 17.3 Å². The molecule has 2 atom stereocenters. The summed E-state index contributed by atoms with van der Waals surface area (Å²) in [6.07, 6.45) is 4.20. The summed E-state index contributed by atoms with van der Waals surface area (Å²) in [4.78, 5) is 28.5. The Morgan fingerprint density at radius 2 is 2.08 bits per heavy atom. The van der Waals surface area contributed by atoms with Gasteiger partial charge in [-0.25, -0.2) is 9.78 Å². The van der Waals surface area contributed by atoms with E-state index in [1.54, 1.807) is 6.07 Å². The number of aromatic nitrogens is 1. The summed E-state index contributed by atoms with van der Waals surface area (Å²) in [5.74, 6) is 0.242. The number of hydrogen-bond acceptors (Lipinski definition) is 4. The number of nitrogens with zero attached hydrogens (tertiary/aromatic N) is 1. The molecule has 8 heteroatoms. The van der Waals surface area contributed by atoms with Crippen LogP contribution in [0.1, 0.15) is 46.5 Å². The van der Waals surface area contributed by atoms with Crippen LogP contribution in [0.15, 0.2) is 12.3 Å². The summed E-state index contributed by atoms with van der Waals surface area (Å²) in [6, 6.07) is 1.68. The molecule has 1 saturated carbocycles. The second kappa shape index (κ2) is 8.53. The predicted octanol–water partition coefficient (Wildman–Crippen LogP) is 4.36. The molecule has 1 aliphatic carbocycles. The van der Waals surface area contributed by atoms with E-state index in [1.165, 1.54) is 6.20 Å². The summed E-state index contributed by atoms with van der Waals surface area (Å²) < 4.78 is 6.11. The van der Waals surface area contributed by atoms with Crippen molar-refractivity contribution in [3.63, 3.8) is 0 Å². The highest BCUT2D eigenvalue weighted by Gasteiger charge is 2.29. The van der Waals surface area contributed by atoms with Crippen LogP contribution >= 0.6 is 34.2 Å². The quantitative estimate of drug-likeness (QED) is 0.631. The van der Waals surface area contributed by atoms with Gasteiger partial charge >= 0.3 is 6.09 Å². The molecule has 1 aliphatic rings. The van der Waals surface area contributed by atoms with Gasteiger partial charge in [-0.15, -0.1) is 0 Å². The number of hydrogen-bond donors (Lipinski definition) is 2. The van der Waals surface area contributed by atoms with Gasteiger partial charge in [-0.1, -0.05) is 18.0 Å². The van der Waals surface area contributed by atoms with E-state index in [2.05, 4.69) is 38.2 Å². The van der Waals surface area contributed by atoms with Crippen molar-refractivity contribution < 1.29 is 14.3 Å². The molecule has 0 bridgehead atoms. The molecule has 1 fully saturated rings. The van der Waals surface area contributed by atoms with Gasteiger partial charge in [-0.05, 0) is 68.7 Å². The molecule has 0 aromatic carbocycles. The minimum Gasteiger partial charge on any atom is -0.444 e. The maximum atomic E-state index is 12.5. The minimum absolute atomic E-state index is 0.0577. The Balaban J connectivity index is 1.90. The van der Waals surface area contributed by atoms with E-state index >= 15 is 0 Å². The molecule has 138 valence electrons. The lowest BCUT2D eigenvalue weighted by Gasteiger charge is -2.30. The lowest BCUT2D eigenvalue weighted by Crippen LogP contribution is -2.43. The lowest BCUT2D eigenvalue weighted by atomic mass is 9.85. The number of ether oxygens (including phenoxy) is 1. The van der Waals surface area contributed by atoms with Crippen LogP contribution in [0.5, 0.6) is 0 Å². The molecule has 1 aromatic heterocycles. The fourth-order valence-corrected chi connectivity index (χ4v) is 3.28. The van der Waals surface area contributed by atoms with E-state index in [1.807, 2.05) is 20.8 Å². The SMILES string of the molecule is CC(C)(C)OC(=O)N[C@@H]1CCC[C@H](C(=O)Nc2cc(I)c(Cl)cn2)C1. The largest absolute Gasteiger partial charge is 0.444 e. The zero-order valence-electron chi connectivity index (χ0n) is 14.6. The van der Waals surface area contributed by atoms with Gasteiger partial charge in [0, 0.05) is 21.7 Å². The first-order valence-electron chi connectivity index (χ1n) is 8.25. The molecule has 1 heterocycles. The second-order valence-electron chi connectivity index (χ2n) is 7.18. The second-order valence-corrected chi connectivity index (χ2v) is 8.75. The third kappa shape index (κ3) is 6.62. The van der Waals surface area contributed by atoms with Crippen molar-refractivity contribution in [2.45, 2.75) is 58.1 Å². The van der Waals surface area contributed by atoms with E-state index in [0.717, 1.165) is 22.8 Å². The number of carbonyl (C=O) groups excluding carboxylic acids is 2. The molecule has 2 rings (SSSR count). The van der Waals surface area contributed by atoms with Crippen LogP contribution in [0.25, 0.3) is 0 Å². The van der Waals surface area contributed by atoms with Crippen LogP contribution in [-0.2, 0) is 9.53 Å². The maximum Gasteiger partial charge on any atom is 0.407 e. The van der Waals surface area contributed by atoms with Gasteiger partial charge in [0.2, 0.25) is 5.91 Å². The molecule has 0 unspecified atom stereocenters. The summed E-state index contributed by atoms with van der Waals surface area (Å²) >= 11 is 8.04. The Kier molecular flexibility index (Phi) is 6.90. The van der Waals surface area contributed by atoms with Gasteiger partial charge in [-0.2, -0.15) is 0 Å². The highest BCUT2D eigenvalue weighted by Crippen LogP contribution is 2.26. The molecular formula is C17H23ClIN3O3. The predicted molar refractivity (Wildman–Crippen MR) is 106 cm³/mol. The summed E-state index contributed by atoms with van der Waals surface area (Å²) in [7, 11) is 0. The maximum absolute atomic E-state index is 12.5. The van der Waals surface area contributed by atoms with Gasteiger partial charge in [-0.3, -0.25) is 4.79 Å². The van der Waals surface area contributed by atoms with Crippen LogP contribution in [0.4, 0.5) is 10.6 Å². The standard InChI is InChI=1S/C17H23ClIN3O3/c1-17(2,3)25-16(24)21-11-6-4-5-10(7-11)15(23)22-14-8-13(19)12(18)9-20-14/h8-11H,4-7H2,1-3H3,(H,21,24)(H,20,22,23)/t10-,11+/m0/s1. The topological polar surface area (TPSA) is 80.3 Å². The zero-order valence-corrected chi connectivity index (χ0v) is 17.5. The van der Waals surface area contributed by atoms with E-state index in [-0.39, 0.29) is 17.9 Å². The first-order chi connectivity index (χ1) is 11.6. The molecule has 6 nitrogen and oxygen atoms in total. The van der Waals surface area contributed by atoms with Crippen molar-refractivity contribution in [2.24, 2.45) is 5.92 Å². The van der Waals surface area contributed by atoms with Gasteiger partial charge in [0.25, 0.3) is 0 Å². The van der Waals surface area contributed by atoms with Gasteiger partial charge in [0.1, 0.15) is 11.4 Å². The molecule has 0 spiro atoms. The van der Waals surface area contributed by atoms with Crippen molar-refractivity contribution in [2.75, 3.05) is 5.32 Å². The van der Waals surface area contributed by atoms with Crippen molar-refractivity contribution >= 4 is 52.0 Å². The summed E-state index contributed by atoms with van der Waals surface area (Å²) in [6.45, 7) is 5.47. The normalized spacial score (nSPS) is 20.7. The Labute approximate surface area is 166 Å². The Hall–Kier alpha value is -1.09. The lowest BCUT2D eigenvalue weighted by molar-refractivity contribution is -0.121. The molecule has 0 saturated heterocycles. The van der Waals surface area contributed by atoms with Crippen LogP contribution in [0, 0.1) is 9.49 Å². The molecule has 2 N–H and O–H groups in total. The molecule has 2 amide bonds. The molecule has 0 aliphatic heterocycles. The highest BCUT2D eigenvalue weighted by molar-refractivity contribution is 14.1. The fraction of sp³-hybridized carbons (Fsp3) is 0.588. The van der Waals surface area contributed by atoms with E-state index < -0.39 is 11.7 Å². The Bertz CT molecular complexity index is 649.